The molecule has 1 heterocycles. The first-order chi connectivity index (χ1) is 8.54. The van der Waals surface area contributed by atoms with Crippen LogP contribution in [0.25, 0.3) is 0 Å². The monoisotopic (exact) mass is 247 g/mol. The van der Waals surface area contributed by atoms with Gasteiger partial charge in [-0.1, -0.05) is 13.8 Å². The summed E-state index contributed by atoms with van der Waals surface area (Å²) in [4.78, 5) is 12.2. The molecular weight excluding hydrogens is 226 g/mol. The number of nitrogens with zero attached hydrogens (tertiary/aromatic N) is 2. The minimum absolute atomic E-state index is 0.192. The summed E-state index contributed by atoms with van der Waals surface area (Å²) in [6.45, 7) is 4.20. The summed E-state index contributed by atoms with van der Waals surface area (Å²) in [7, 11) is 1.90. The van der Waals surface area contributed by atoms with Crippen LogP contribution in [0.1, 0.15) is 44.7 Å². The average molecular weight is 247 g/mol. The second kappa shape index (κ2) is 4.11. The van der Waals surface area contributed by atoms with E-state index in [0.29, 0.717) is 5.92 Å². The van der Waals surface area contributed by atoms with E-state index in [1.54, 1.807) is 4.68 Å². The SMILES string of the molecule is CC(C)c1nn(C)cc1NC(=O)C1CC2CC2C1. The summed E-state index contributed by atoms with van der Waals surface area (Å²) < 4.78 is 1.77. The summed E-state index contributed by atoms with van der Waals surface area (Å²) in [5.74, 6) is 2.45. The minimum atomic E-state index is 0.192. The van der Waals surface area contributed by atoms with Crippen LogP contribution < -0.4 is 5.32 Å². The number of nitrogens with one attached hydrogen (secondary N) is 1. The van der Waals surface area contributed by atoms with Gasteiger partial charge in [-0.05, 0) is 37.0 Å². The molecule has 0 spiro atoms. The van der Waals surface area contributed by atoms with Crippen molar-refractivity contribution in [2.24, 2.45) is 24.8 Å². The number of hydrogen-bond donors (Lipinski definition) is 1. The normalized spacial score (nSPS) is 29.4. The standard InChI is InChI=1S/C14H21N3O/c1-8(2)13-12(7-17(3)16-13)15-14(18)11-5-9-4-10(9)6-11/h7-11H,4-6H2,1-3H3,(H,15,18). The van der Waals surface area contributed by atoms with Gasteiger partial charge < -0.3 is 5.32 Å². The van der Waals surface area contributed by atoms with Crippen molar-refractivity contribution in [3.05, 3.63) is 11.9 Å². The number of carbonyl (C=O) groups excluding carboxylic acids is 1. The molecule has 1 aromatic rings. The number of carbonyl (C=O) groups is 1. The first-order valence-corrected chi connectivity index (χ1v) is 6.89. The molecule has 4 heteroatoms. The Balaban J connectivity index is 1.70. The van der Waals surface area contributed by atoms with Gasteiger partial charge in [0.05, 0.1) is 11.4 Å². The highest BCUT2D eigenvalue weighted by Gasteiger charge is 2.48. The zero-order valence-electron chi connectivity index (χ0n) is 11.3. The fraction of sp³-hybridized carbons (Fsp3) is 0.714. The molecule has 2 atom stereocenters. The highest BCUT2D eigenvalue weighted by molar-refractivity contribution is 5.93. The average Bonchev–Trinajstić information content (AvgIpc) is 2.73. The van der Waals surface area contributed by atoms with Gasteiger partial charge >= 0.3 is 0 Å². The number of aryl methyl sites for hydroxylation is 1. The van der Waals surface area contributed by atoms with Crippen molar-refractivity contribution >= 4 is 11.6 Å². The van der Waals surface area contributed by atoms with Crippen molar-refractivity contribution in [2.75, 3.05) is 5.32 Å². The fourth-order valence-corrected chi connectivity index (χ4v) is 3.19. The number of anilines is 1. The molecule has 1 N–H and O–H groups in total. The molecule has 0 aliphatic heterocycles. The number of amides is 1. The molecule has 1 amide bonds. The zero-order chi connectivity index (χ0) is 12.9. The van der Waals surface area contributed by atoms with Crippen molar-refractivity contribution < 1.29 is 4.79 Å². The lowest BCUT2D eigenvalue weighted by molar-refractivity contribution is -0.120. The molecule has 2 aliphatic carbocycles. The molecule has 0 saturated heterocycles. The molecule has 4 nitrogen and oxygen atoms in total. The van der Waals surface area contributed by atoms with Crippen LogP contribution in [0, 0.1) is 17.8 Å². The Bertz CT molecular complexity index is 467. The van der Waals surface area contributed by atoms with Crippen LogP contribution in [0.3, 0.4) is 0 Å². The van der Waals surface area contributed by atoms with Gasteiger partial charge in [0.1, 0.15) is 0 Å². The Morgan fingerprint density at radius 2 is 2.06 bits per heavy atom. The molecule has 2 fully saturated rings. The van der Waals surface area contributed by atoms with Gasteiger partial charge in [0.25, 0.3) is 0 Å². The van der Waals surface area contributed by atoms with Crippen molar-refractivity contribution in [2.45, 2.75) is 39.0 Å². The van der Waals surface area contributed by atoms with Crippen molar-refractivity contribution in [3.8, 4) is 0 Å². The fourth-order valence-electron chi connectivity index (χ4n) is 3.19. The van der Waals surface area contributed by atoms with Crippen LogP contribution in [0.2, 0.25) is 0 Å². The van der Waals surface area contributed by atoms with E-state index in [2.05, 4.69) is 24.3 Å². The van der Waals surface area contributed by atoms with Gasteiger partial charge in [-0.2, -0.15) is 5.10 Å². The van der Waals surface area contributed by atoms with Crippen LogP contribution in [0.15, 0.2) is 6.20 Å². The Labute approximate surface area is 108 Å². The number of rotatable bonds is 3. The van der Waals surface area contributed by atoms with Crippen LogP contribution in [-0.4, -0.2) is 15.7 Å². The first-order valence-electron chi connectivity index (χ1n) is 6.89. The first kappa shape index (κ1) is 11.8. The summed E-state index contributed by atoms with van der Waals surface area (Å²) in [5.41, 5.74) is 1.87. The molecule has 18 heavy (non-hydrogen) atoms. The predicted molar refractivity (Wildman–Crippen MR) is 70.2 cm³/mol. The van der Waals surface area contributed by atoms with E-state index < -0.39 is 0 Å². The largest absolute Gasteiger partial charge is 0.323 e. The maximum atomic E-state index is 12.2. The smallest absolute Gasteiger partial charge is 0.227 e. The zero-order valence-corrected chi connectivity index (χ0v) is 11.3. The molecule has 2 saturated carbocycles. The summed E-state index contributed by atoms with van der Waals surface area (Å²) >= 11 is 0. The molecular formula is C14H21N3O. The summed E-state index contributed by atoms with van der Waals surface area (Å²) in [6.07, 6.45) is 5.44. The minimum Gasteiger partial charge on any atom is -0.323 e. The Morgan fingerprint density at radius 3 is 2.67 bits per heavy atom. The summed E-state index contributed by atoms with van der Waals surface area (Å²) in [6, 6.07) is 0. The Morgan fingerprint density at radius 1 is 1.39 bits per heavy atom. The molecule has 1 aromatic heterocycles. The van der Waals surface area contributed by atoms with Crippen LogP contribution in [-0.2, 0) is 11.8 Å². The predicted octanol–water partition coefficient (Wildman–Crippen LogP) is 2.53. The maximum Gasteiger partial charge on any atom is 0.227 e. The van der Waals surface area contributed by atoms with E-state index in [-0.39, 0.29) is 11.8 Å². The molecule has 0 aromatic carbocycles. The Kier molecular flexibility index (Phi) is 2.68. The highest BCUT2D eigenvalue weighted by atomic mass is 16.1. The van der Waals surface area contributed by atoms with Gasteiger partial charge in [-0.25, -0.2) is 0 Å². The molecule has 2 unspecified atom stereocenters. The third-order valence-corrected chi connectivity index (χ3v) is 4.28. The third kappa shape index (κ3) is 2.04. The van der Waals surface area contributed by atoms with E-state index in [1.165, 1.54) is 6.42 Å². The second-order valence-corrected chi connectivity index (χ2v) is 6.17. The topological polar surface area (TPSA) is 46.9 Å². The van der Waals surface area contributed by atoms with Crippen LogP contribution in [0.5, 0.6) is 0 Å². The molecule has 0 radical (unpaired) electrons. The number of fused-ring (bicyclic) bond motifs is 1. The van der Waals surface area contributed by atoms with Crippen molar-refractivity contribution in [1.29, 1.82) is 0 Å². The van der Waals surface area contributed by atoms with Gasteiger partial charge in [0, 0.05) is 19.2 Å². The number of aromatic nitrogens is 2. The van der Waals surface area contributed by atoms with E-state index in [4.69, 9.17) is 0 Å². The lowest BCUT2D eigenvalue weighted by Gasteiger charge is -2.12. The molecule has 3 rings (SSSR count). The van der Waals surface area contributed by atoms with Crippen LogP contribution in [0.4, 0.5) is 5.69 Å². The molecule has 2 aliphatic rings. The third-order valence-electron chi connectivity index (χ3n) is 4.28. The quantitative estimate of drug-likeness (QED) is 0.892. The highest BCUT2D eigenvalue weighted by Crippen LogP contribution is 2.54. The lowest BCUT2D eigenvalue weighted by Crippen LogP contribution is -2.22. The van der Waals surface area contributed by atoms with Gasteiger partial charge in [-0.3, -0.25) is 9.48 Å². The summed E-state index contributed by atoms with van der Waals surface area (Å²) in [5, 5.41) is 7.49. The molecule has 98 valence electrons. The van der Waals surface area contributed by atoms with Gasteiger partial charge in [-0.15, -0.1) is 0 Å². The van der Waals surface area contributed by atoms with E-state index in [9.17, 15) is 4.79 Å². The maximum absolute atomic E-state index is 12.2. The van der Waals surface area contributed by atoms with E-state index in [0.717, 1.165) is 36.1 Å². The van der Waals surface area contributed by atoms with Crippen LogP contribution >= 0.6 is 0 Å². The lowest BCUT2D eigenvalue weighted by atomic mass is 10.0. The van der Waals surface area contributed by atoms with Crippen molar-refractivity contribution in [1.82, 2.24) is 9.78 Å². The van der Waals surface area contributed by atoms with Gasteiger partial charge in [0.15, 0.2) is 0 Å². The second-order valence-electron chi connectivity index (χ2n) is 6.17. The van der Waals surface area contributed by atoms with E-state index >= 15 is 0 Å². The van der Waals surface area contributed by atoms with Gasteiger partial charge in [0.2, 0.25) is 5.91 Å². The number of hydrogen-bond acceptors (Lipinski definition) is 2. The molecule has 0 bridgehead atoms. The van der Waals surface area contributed by atoms with E-state index in [1.807, 2.05) is 13.2 Å². The van der Waals surface area contributed by atoms with Crippen molar-refractivity contribution in [3.63, 3.8) is 0 Å². The Hall–Kier alpha value is -1.32.